The lowest BCUT2D eigenvalue weighted by Gasteiger charge is -2.08. The smallest absolute Gasteiger partial charge is 0.273 e. The number of thiazole rings is 1. The molecule has 4 aromatic rings. The van der Waals surface area contributed by atoms with Crippen molar-refractivity contribution in [3.05, 3.63) is 60.0 Å². The minimum absolute atomic E-state index is 0.0236. The molecule has 4 rings (SSSR count). The van der Waals surface area contributed by atoms with Gasteiger partial charge in [0.15, 0.2) is 15.2 Å². The van der Waals surface area contributed by atoms with E-state index in [1.54, 1.807) is 41.1 Å². The summed E-state index contributed by atoms with van der Waals surface area (Å²) in [5.41, 5.74) is 2.16. The maximum Gasteiger partial charge on any atom is 0.273 e. The third kappa shape index (κ3) is 5.32. The van der Waals surface area contributed by atoms with Crippen LogP contribution in [0.3, 0.4) is 0 Å². The molecule has 0 aliphatic carbocycles. The van der Waals surface area contributed by atoms with Crippen molar-refractivity contribution in [2.24, 2.45) is 0 Å². The van der Waals surface area contributed by atoms with Gasteiger partial charge in [0.05, 0.1) is 11.9 Å². The quantitative estimate of drug-likeness (QED) is 0.406. The third-order valence-electron chi connectivity index (χ3n) is 4.21. The molecule has 0 aliphatic heterocycles. The van der Waals surface area contributed by atoms with Crippen LogP contribution in [-0.2, 0) is 14.8 Å². The van der Waals surface area contributed by atoms with E-state index in [0.29, 0.717) is 17.3 Å². The summed E-state index contributed by atoms with van der Waals surface area (Å²) in [5, 5.41) is 15.2. The van der Waals surface area contributed by atoms with Crippen LogP contribution in [0.2, 0.25) is 0 Å². The van der Waals surface area contributed by atoms with E-state index in [4.69, 9.17) is 4.74 Å². The number of ether oxygens (including phenoxy) is 1. The molecule has 2 N–H and O–H groups in total. The number of anilines is 2. The van der Waals surface area contributed by atoms with Crippen molar-refractivity contribution in [1.29, 1.82) is 0 Å². The van der Waals surface area contributed by atoms with Crippen LogP contribution in [0.5, 0.6) is 11.6 Å². The number of rotatable bonds is 7. The molecule has 0 bridgehead atoms. The van der Waals surface area contributed by atoms with E-state index in [9.17, 15) is 13.2 Å². The van der Waals surface area contributed by atoms with Gasteiger partial charge in [-0.05, 0) is 50.2 Å². The van der Waals surface area contributed by atoms with E-state index in [2.05, 4.69) is 30.3 Å². The first-order valence-electron chi connectivity index (χ1n) is 9.61. The summed E-state index contributed by atoms with van der Waals surface area (Å²) in [6, 6.07) is 11.7. The number of nitrogens with one attached hydrogen (secondary N) is 2. The van der Waals surface area contributed by atoms with E-state index in [1.807, 2.05) is 19.9 Å². The molecular weight excluding hydrogens is 466 g/mol. The van der Waals surface area contributed by atoms with Crippen molar-refractivity contribution in [3.63, 3.8) is 0 Å². The van der Waals surface area contributed by atoms with Gasteiger partial charge in [0.2, 0.25) is 11.8 Å². The SMILES string of the molecule is CC(=O)Nc1ncc(S(=O)(=O)Nc2ccc(Oc3ccc(-n4nc(C)cc4C)nn3)cc2)s1. The van der Waals surface area contributed by atoms with Crippen molar-refractivity contribution in [2.45, 2.75) is 25.0 Å². The zero-order valence-electron chi connectivity index (χ0n) is 17.8. The molecule has 1 amide bonds. The van der Waals surface area contributed by atoms with Crippen molar-refractivity contribution in [1.82, 2.24) is 25.0 Å². The van der Waals surface area contributed by atoms with Gasteiger partial charge in [0.25, 0.3) is 10.0 Å². The molecule has 33 heavy (non-hydrogen) atoms. The minimum Gasteiger partial charge on any atom is -0.438 e. The lowest BCUT2D eigenvalue weighted by Crippen LogP contribution is -2.11. The third-order valence-corrected chi connectivity index (χ3v) is 6.97. The van der Waals surface area contributed by atoms with Gasteiger partial charge in [0, 0.05) is 24.4 Å². The van der Waals surface area contributed by atoms with Gasteiger partial charge < -0.3 is 10.1 Å². The fourth-order valence-electron chi connectivity index (χ4n) is 2.85. The average molecular weight is 486 g/mol. The van der Waals surface area contributed by atoms with E-state index < -0.39 is 10.0 Å². The standard InChI is InChI=1S/C20H19N7O4S2/c1-12-10-13(2)27(25-12)17-8-9-18(24-23-17)31-16-6-4-15(5-7-16)26-33(29,30)19-11-21-20(32-19)22-14(3)28/h4-11,26H,1-3H3,(H,21,22,28). The number of benzene rings is 1. The molecule has 0 aliphatic rings. The Hall–Kier alpha value is -3.84. The maximum atomic E-state index is 12.5. The predicted molar refractivity (Wildman–Crippen MR) is 122 cm³/mol. The number of carbonyl (C=O) groups excluding carboxylic acids is 1. The van der Waals surface area contributed by atoms with Crippen LogP contribution in [0.4, 0.5) is 10.8 Å². The average Bonchev–Trinajstić information content (AvgIpc) is 3.36. The van der Waals surface area contributed by atoms with Gasteiger partial charge in [0.1, 0.15) is 5.75 Å². The van der Waals surface area contributed by atoms with Crippen LogP contribution in [0.1, 0.15) is 18.3 Å². The highest BCUT2D eigenvalue weighted by Gasteiger charge is 2.18. The molecular formula is C20H19N7O4S2. The van der Waals surface area contributed by atoms with E-state index in [-0.39, 0.29) is 21.1 Å². The molecule has 0 spiro atoms. The second-order valence-corrected chi connectivity index (χ2v) is 9.91. The summed E-state index contributed by atoms with van der Waals surface area (Å²) in [4.78, 5) is 15.0. The first-order chi connectivity index (χ1) is 15.7. The number of carbonyl (C=O) groups is 1. The molecule has 0 unspecified atom stereocenters. The Kier molecular flexibility index (Phi) is 6.07. The van der Waals surface area contributed by atoms with Gasteiger partial charge in [-0.2, -0.15) is 5.10 Å². The van der Waals surface area contributed by atoms with Crippen molar-refractivity contribution in [3.8, 4) is 17.4 Å². The lowest BCUT2D eigenvalue weighted by atomic mass is 10.3. The number of hydrogen-bond donors (Lipinski definition) is 2. The number of aryl methyl sites for hydroxylation is 2. The highest BCUT2D eigenvalue weighted by molar-refractivity contribution is 7.94. The van der Waals surface area contributed by atoms with Gasteiger partial charge in [-0.15, -0.1) is 10.2 Å². The first-order valence-corrected chi connectivity index (χ1v) is 11.9. The van der Waals surface area contributed by atoms with Gasteiger partial charge in [-0.25, -0.2) is 18.1 Å². The Morgan fingerprint density at radius 3 is 2.45 bits per heavy atom. The van der Waals surface area contributed by atoms with Crippen molar-refractivity contribution in [2.75, 3.05) is 10.0 Å². The van der Waals surface area contributed by atoms with Gasteiger partial charge in [-0.3, -0.25) is 9.52 Å². The fourth-order valence-corrected chi connectivity index (χ4v) is 4.99. The summed E-state index contributed by atoms with van der Waals surface area (Å²) < 4.78 is 34.9. The minimum atomic E-state index is -3.85. The summed E-state index contributed by atoms with van der Waals surface area (Å²) in [6.07, 6.45) is 1.18. The number of hydrogen-bond acceptors (Lipinski definition) is 9. The molecule has 11 nitrogen and oxygen atoms in total. The first kappa shape index (κ1) is 22.4. The largest absolute Gasteiger partial charge is 0.438 e. The van der Waals surface area contributed by atoms with Gasteiger partial charge in [-0.1, -0.05) is 11.3 Å². The number of amides is 1. The topological polar surface area (TPSA) is 141 Å². The van der Waals surface area contributed by atoms with Crippen molar-refractivity contribution < 1.29 is 17.9 Å². The van der Waals surface area contributed by atoms with Crippen LogP contribution in [-0.4, -0.2) is 39.3 Å². The summed E-state index contributed by atoms with van der Waals surface area (Å²) in [5.74, 6) is 0.978. The molecule has 13 heteroatoms. The molecule has 0 fully saturated rings. The Labute approximate surface area is 193 Å². The van der Waals surface area contributed by atoms with Gasteiger partial charge >= 0.3 is 0 Å². The maximum absolute atomic E-state index is 12.5. The normalized spacial score (nSPS) is 11.2. The summed E-state index contributed by atoms with van der Waals surface area (Å²) >= 11 is 0.854. The molecule has 0 radical (unpaired) electrons. The predicted octanol–water partition coefficient (Wildman–Crippen LogP) is 3.29. The van der Waals surface area contributed by atoms with Crippen LogP contribution in [0.15, 0.2) is 52.9 Å². The zero-order chi connectivity index (χ0) is 23.6. The Morgan fingerprint density at radius 2 is 1.85 bits per heavy atom. The molecule has 3 aromatic heterocycles. The number of aromatic nitrogens is 5. The van der Waals surface area contributed by atoms with E-state index >= 15 is 0 Å². The lowest BCUT2D eigenvalue weighted by molar-refractivity contribution is -0.114. The monoisotopic (exact) mass is 485 g/mol. The summed E-state index contributed by atoms with van der Waals surface area (Å²) in [6.45, 7) is 5.15. The van der Waals surface area contributed by atoms with Crippen molar-refractivity contribution >= 4 is 38.1 Å². The Morgan fingerprint density at radius 1 is 1.09 bits per heavy atom. The Bertz CT molecular complexity index is 1400. The summed E-state index contributed by atoms with van der Waals surface area (Å²) in [7, 11) is -3.85. The molecule has 0 saturated carbocycles. The molecule has 1 aromatic carbocycles. The second kappa shape index (κ2) is 8.96. The second-order valence-electron chi connectivity index (χ2n) is 6.97. The fraction of sp³-hybridized carbons (Fsp3) is 0.150. The Balaban J connectivity index is 1.41. The van der Waals surface area contributed by atoms with Crippen LogP contribution in [0.25, 0.3) is 5.82 Å². The van der Waals surface area contributed by atoms with Crippen LogP contribution >= 0.6 is 11.3 Å². The highest BCUT2D eigenvalue weighted by Crippen LogP contribution is 2.27. The highest BCUT2D eigenvalue weighted by atomic mass is 32.2. The van der Waals surface area contributed by atoms with E-state index in [0.717, 1.165) is 22.7 Å². The van der Waals surface area contributed by atoms with Crippen LogP contribution in [0, 0.1) is 13.8 Å². The molecule has 0 saturated heterocycles. The number of sulfonamides is 1. The molecule has 3 heterocycles. The molecule has 170 valence electrons. The molecule has 0 atom stereocenters. The number of nitrogens with zero attached hydrogens (tertiary/aromatic N) is 5. The van der Waals surface area contributed by atoms with Crippen LogP contribution < -0.4 is 14.8 Å². The van der Waals surface area contributed by atoms with E-state index in [1.165, 1.54) is 13.1 Å². The zero-order valence-corrected chi connectivity index (χ0v) is 19.4.